The molecule has 0 amide bonds. The van der Waals surface area contributed by atoms with Crippen molar-refractivity contribution < 1.29 is 14.6 Å². The number of benzene rings is 1. The van der Waals surface area contributed by atoms with Gasteiger partial charge in [-0.1, -0.05) is 18.2 Å². The number of aliphatic hydroxyl groups is 2. The second kappa shape index (κ2) is 7.16. The third kappa shape index (κ3) is 3.82. The molecule has 27 heavy (non-hydrogen) atoms. The topological polar surface area (TPSA) is 71.2 Å². The molecule has 0 bridgehead atoms. The Bertz CT molecular complexity index is 1020. The zero-order valence-electron chi connectivity index (χ0n) is 15.1. The number of hydrogen-bond acceptors (Lipinski definition) is 5. The molecule has 0 fully saturated rings. The van der Waals surface area contributed by atoms with Crippen LogP contribution in [0.1, 0.15) is 34.9 Å². The highest BCUT2D eigenvalue weighted by Crippen LogP contribution is 2.40. The fraction of sp³-hybridized carbons (Fsp3) is 0.263. The van der Waals surface area contributed by atoms with E-state index in [9.17, 15) is 14.6 Å². The Hall–Kier alpha value is -2.06. The fourth-order valence-electron chi connectivity index (χ4n) is 2.81. The normalized spacial score (nSPS) is 11.8. The molecule has 142 valence electrons. The van der Waals surface area contributed by atoms with Gasteiger partial charge in [0, 0.05) is 29.4 Å². The molecule has 3 aromatic rings. The quantitative estimate of drug-likeness (QED) is 0.617. The Balaban J connectivity index is 2.18. The van der Waals surface area contributed by atoms with E-state index in [4.69, 9.17) is 11.6 Å². The van der Waals surface area contributed by atoms with Crippen molar-refractivity contribution in [3.8, 4) is 11.3 Å². The van der Waals surface area contributed by atoms with Gasteiger partial charge in [0.2, 0.25) is 0 Å². The van der Waals surface area contributed by atoms with Gasteiger partial charge < -0.3 is 10.2 Å². The number of aromatic nitrogens is 3. The average molecular weight is 408 g/mol. The number of nitrogens with zero attached hydrogens (tertiary/aromatic N) is 3. The van der Waals surface area contributed by atoms with Gasteiger partial charge in [-0.25, -0.2) is 9.37 Å². The minimum Gasteiger partial charge on any atom is -0.362 e. The number of halogens is 2. The second-order valence-corrected chi connectivity index (χ2v) is 7.85. The summed E-state index contributed by atoms with van der Waals surface area (Å²) in [6.07, 6.45) is 1.80. The molecule has 0 saturated carbocycles. The Kier molecular flexibility index (Phi) is 5.22. The van der Waals surface area contributed by atoms with Crippen molar-refractivity contribution in [1.29, 1.82) is 0 Å². The highest BCUT2D eigenvalue weighted by Gasteiger charge is 2.27. The van der Waals surface area contributed by atoms with Crippen LogP contribution in [-0.4, -0.2) is 25.0 Å². The summed E-state index contributed by atoms with van der Waals surface area (Å²) in [5.41, 5.74) is 2.23. The Morgan fingerprint density at radius 3 is 2.70 bits per heavy atom. The van der Waals surface area contributed by atoms with E-state index in [1.54, 1.807) is 10.9 Å². The van der Waals surface area contributed by atoms with Crippen LogP contribution in [-0.2, 0) is 12.3 Å². The van der Waals surface area contributed by atoms with Crippen molar-refractivity contribution in [2.75, 3.05) is 0 Å². The van der Waals surface area contributed by atoms with Crippen molar-refractivity contribution >= 4 is 28.5 Å². The number of aryl methyl sites for hydroxylation is 2. The fourth-order valence-corrected chi connectivity index (χ4v) is 3.99. The molecule has 2 heterocycles. The maximum Gasteiger partial charge on any atom is 0.187 e. The summed E-state index contributed by atoms with van der Waals surface area (Å²) in [6.45, 7) is 9.78. The first-order valence-electron chi connectivity index (χ1n) is 8.27. The summed E-state index contributed by atoms with van der Waals surface area (Å²) in [7, 11) is 0. The predicted octanol–water partition coefficient (Wildman–Crippen LogP) is 4.35. The zero-order valence-corrected chi connectivity index (χ0v) is 16.7. The lowest BCUT2D eigenvalue weighted by Crippen LogP contribution is -2.21. The van der Waals surface area contributed by atoms with Crippen molar-refractivity contribution in [2.24, 2.45) is 0 Å². The molecule has 0 unspecified atom stereocenters. The first kappa shape index (κ1) is 19.7. The van der Waals surface area contributed by atoms with Gasteiger partial charge in [-0.3, -0.25) is 4.68 Å². The Morgan fingerprint density at radius 2 is 2.11 bits per heavy atom. The molecule has 5 nitrogen and oxygen atoms in total. The van der Waals surface area contributed by atoms with Gasteiger partial charge in [-0.05, 0) is 44.5 Å². The summed E-state index contributed by atoms with van der Waals surface area (Å²) >= 11 is 7.66. The van der Waals surface area contributed by atoms with Gasteiger partial charge in [0.25, 0.3) is 0 Å². The lowest BCUT2D eigenvalue weighted by molar-refractivity contribution is -0.152. The Morgan fingerprint density at radius 1 is 1.41 bits per heavy atom. The van der Waals surface area contributed by atoms with E-state index in [2.05, 4.69) is 16.7 Å². The van der Waals surface area contributed by atoms with E-state index >= 15 is 0 Å². The minimum atomic E-state index is -2.22. The first-order chi connectivity index (χ1) is 12.6. The molecular weight excluding hydrogens is 389 g/mol. The summed E-state index contributed by atoms with van der Waals surface area (Å²) in [6, 6.07) is 3.84. The first-order valence-corrected chi connectivity index (χ1v) is 9.46. The van der Waals surface area contributed by atoms with Crippen LogP contribution in [0.3, 0.4) is 0 Å². The van der Waals surface area contributed by atoms with Gasteiger partial charge >= 0.3 is 0 Å². The molecule has 8 heteroatoms. The van der Waals surface area contributed by atoms with Crippen LogP contribution >= 0.6 is 22.9 Å². The van der Waals surface area contributed by atoms with E-state index in [-0.39, 0.29) is 5.56 Å². The SMILES string of the molecule is C=C(c1cn(CC)nc1Cl)c1sc(C)nc1-c1ccc(F)cc1C(C)(O)O. The lowest BCUT2D eigenvalue weighted by Gasteiger charge is -2.20. The van der Waals surface area contributed by atoms with Crippen LogP contribution in [0.4, 0.5) is 4.39 Å². The number of thiazole rings is 1. The maximum atomic E-state index is 13.7. The van der Waals surface area contributed by atoms with Crippen molar-refractivity contribution in [3.63, 3.8) is 0 Å². The molecule has 0 aliphatic heterocycles. The van der Waals surface area contributed by atoms with Crippen LogP contribution < -0.4 is 0 Å². The molecule has 1 aromatic carbocycles. The molecule has 0 aliphatic rings. The summed E-state index contributed by atoms with van der Waals surface area (Å²) in [5.74, 6) is -2.79. The van der Waals surface area contributed by atoms with Crippen LogP contribution in [0, 0.1) is 12.7 Å². The number of hydrogen-bond donors (Lipinski definition) is 2. The van der Waals surface area contributed by atoms with Crippen LogP contribution in [0.15, 0.2) is 31.0 Å². The predicted molar refractivity (Wildman–Crippen MR) is 105 cm³/mol. The smallest absolute Gasteiger partial charge is 0.187 e. The van der Waals surface area contributed by atoms with E-state index in [1.165, 1.54) is 30.4 Å². The highest BCUT2D eigenvalue weighted by molar-refractivity contribution is 7.13. The van der Waals surface area contributed by atoms with Gasteiger partial charge in [-0.2, -0.15) is 5.10 Å². The monoisotopic (exact) mass is 407 g/mol. The van der Waals surface area contributed by atoms with E-state index in [0.717, 1.165) is 11.1 Å². The summed E-state index contributed by atoms with van der Waals surface area (Å²) < 4.78 is 15.4. The molecule has 0 atom stereocenters. The van der Waals surface area contributed by atoms with Crippen LogP contribution in [0.5, 0.6) is 0 Å². The maximum absolute atomic E-state index is 13.7. The van der Waals surface area contributed by atoms with Gasteiger partial charge in [0.1, 0.15) is 5.82 Å². The van der Waals surface area contributed by atoms with Crippen LogP contribution in [0.2, 0.25) is 5.15 Å². The largest absolute Gasteiger partial charge is 0.362 e. The molecule has 2 N–H and O–H groups in total. The van der Waals surface area contributed by atoms with Crippen LogP contribution in [0.25, 0.3) is 16.8 Å². The second-order valence-electron chi connectivity index (χ2n) is 6.29. The Labute approximate surface area is 165 Å². The number of rotatable bonds is 5. The molecule has 0 radical (unpaired) electrons. The standard InChI is InChI=1S/C19H19ClFN3O2S/c1-5-24-9-14(18(20)23-24)10(2)17-16(22-11(3)27-17)13-7-6-12(21)8-15(13)19(4,25)26/h6-9,25-26H,2,5H2,1,3-4H3. The highest BCUT2D eigenvalue weighted by atomic mass is 35.5. The van der Waals surface area contributed by atoms with Gasteiger partial charge in [0.05, 0.1) is 15.6 Å². The van der Waals surface area contributed by atoms with Gasteiger partial charge in [0.15, 0.2) is 10.9 Å². The molecule has 0 spiro atoms. The van der Waals surface area contributed by atoms with Crippen molar-refractivity contribution in [1.82, 2.24) is 14.8 Å². The molecule has 2 aromatic heterocycles. The molecule has 0 aliphatic carbocycles. The van der Waals surface area contributed by atoms with E-state index in [0.29, 0.717) is 39.0 Å². The summed E-state index contributed by atoms with van der Waals surface area (Å²) in [5, 5.41) is 25.5. The third-order valence-electron chi connectivity index (χ3n) is 4.12. The summed E-state index contributed by atoms with van der Waals surface area (Å²) in [4.78, 5) is 5.24. The van der Waals surface area contributed by atoms with Crippen molar-refractivity contribution in [3.05, 3.63) is 63.0 Å². The average Bonchev–Trinajstić information content (AvgIpc) is 3.16. The van der Waals surface area contributed by atoms with E-state index in [1.807, 2.05) is 13.8 Å². The molecular formula is C19H19ClFN3O2S. The van der Waals surface area contributed by atoms with Gasteiger partial charge in [-0.15, -0.1) is 11.3 Å². The lowest BCUT2D eigenvalue weighted by atomic mass is 9.95. The third-order valence-corrected chi connectivity index (χ3v) is 5.43. The zero-order chi connectivity index (χ0) is 19.9. The minimum absolute atomic E-state index is 0.0252. The van der Waals surface area contributed by atoms with Crippen molar-refractivity contribution in [2.45, 2.75) is 33.1 Å². The van der Waals surface area contributed by atoms with E-state index < -0.39 is 11.6 Å². The molecule has 3 rings (SSSR count). The molecule has 0 saturated heterocycles.